The Hall–Kier alpha value is -2.08. The molecule has 1 aromatic rings. The molecule has 0 amide bonds. The fourth-order valence-electron chi connectivity index (χ4n) is 4.32. The minimum atomic E-state index is -0.599. The number of nitrogens with zero attached hydrogens (tertiary/aromatic N) is 2. The van der Waals surface area contributed by atoms with Gasteiger partial charge >= 0.3 is 0 Å². The van der Waals surface area contributed by atoms with Gasteiger partial charge in [-0.15, -0.1) is 0 Å². The van der Waals surface area contributed by atoms with Crippen LogP contribution in [0.4, 0.5) is 0 Å². The van der Waals surface area contributed by atoms with E-state index in [0.29, 0.717) is 17.7 Å². The lowest BCUT2D eigenvalue weighted by Crippen LogP contribution is -2.28. The van der Waals surface area contributed by atoms with Crippen LogP contribution in [0, 0.1) is 29.6 Å². The van der Waals surface area contributed by atoms with Gasteiger partial charge in [0.25, 0.3) is 0 Å². The van der Waals surface area contributed by atoms with Gasteiger partial charge in [0.15, 0.2) is 5.75 Å². The van der Waals surface area contributed by atoms with E-state index in [1.165, 1.54) is 89.9 Å². The number of aliphatic hydroxyl groups excluding tert-OH is 1. The Bertz CT molecular complexity index is 716. The molecule has 0 spiro atoms. The Labute approximate surface area is 214 Å². The van der Waals surface area contributed by atoms with E-state index in [1.807, 2.05) is 6.92 Å². The van der Waals surface area contributed by atoms with Gasteiger partial charge in [0, 0.05) is 6.61 Å². The van der Waals surface area contributed by atoms with Gasteiger partial charge in [-0.1, -0.05) is 103 Å². The molecule has 0 aliphatic carbocycles. The maximum absolute atomic E-state index is 9.64. The van der Waals surface area contributed by atoms with Crippen LogP contribution >= 0.6 is 0 Å². The van der Waals surface area contributed by atoms with Gasteiger partial charge in [-0.25, -0.2) is 0 Å². The number of ether oxygens (including phenoxy) is 2. The lowest BCUT2D eigenvalue weighted by molar-refractivity contribution is 0.0186. The molecule has 0 aliphatic rings. The van der Waals surface area contributed by atoms with Crippen molar-refractivity contribution >= 4 is 0 Å². The summed E-state index contributed by atoms with van der Waals surface area (Å²) in [6, 6.07) is 7.50. The first kappa shape index (κ1) is 31.0. The summed E-state index contributed by atoms with van der Waals surface area (Å²) >= 11 is 0. The smallest absolute Gasteiger partial charge is 0.155 e. The van der Waals surface area contributed by atoms with Gasteiger partial charge in [0.2, 0.25) is 0 Å². The first-order valence-corrected chi connectivity index (χ1v) is 14.0. The predicted molar refractivity (Wildman–Crippen MR) is 142 cm³/mol. The van der Waals surface area contributed by atoms with E-state index >= 15 is 0 Å². The second-order valence-electron chi connectivity index (χ2n) is 9.71. The quantitative estimate of drug-likeness (QED) is 0.170. The van der Waals surface area contributed by atoms with Crippen molar-refractivity contribution in [3.8, 4) is 17.9 Å². The van der Waals surface area contributed by atoms with E-state index in [9.17, 15) is 15.6 Å². The summed E-state index contributed by atoms with van der Waals surface area (Å²) in [6.45, 7) is 4.73. The van der Waals surface area contributed by atoms with Gasteiger partial charge in [-0.3, -0.25) is 0 Å². The maximum Gasteiger partial charge on any atom is 0.155 e. The average molecular weight is 485 g/mol. The van der Waals surface area contributed by atoms with Crippen LogP contribution in [0.3, 0.4) is 0 Å². The van der Waals surface area contributed by atoms with Crippen molar-refractivity contribution in [1.29, 1.82) is 10.5 Å². The summed E-state index contributed by atoms with van der Waals surface area (Å²) in [6.07, 6.45) is 20.8. The van der Waals surface area contributed by atoms with Gasteiger partial charge < -0.3 is 14.6 Å². The fourth-order valence-corrected chi connectivity index (χ4v) is 4.32. The number of benzene rings is 1. The highest BCUT2D eigenvalue weighted by atomic mass is 16.5. The predicted octanol–water partition coefficient (Wildman–Crippen LogP) is 7.76. The second kappa shape index (κ2) is 21.2. The third-order valence-corrected chi connectivity index (χ3v) is 6.41. The van der Waals surface area contributed by atoms with Crippen LogP contribution in [0.25, 0.3) is 0 Å². The summed E-state index contributed by atoms with van der Waals surface area (Å²) in [5.74, 6) is 0.227. The fraction of sp³-hybridized carbons (Fsp3) is 0.733. The lowest BCUT2D eigenvalue weighted by atomic mass is 10.0. The van der Waals surface area contributed by atoms with E-state index in [1.54, 1.807) is 12.1 Å². The van der Waals surface area contributed by atoms with Gasteiger partial charge in [0.05, 0.1) is 24.3 Å². The molecule has 1 atom stereocenters. The Kier molecular flexibility index (Phi) is 18.8. The summed E-state index contributed by atoms with van der Waals surface area (Å²) in [4.78, 5) is 0. The molecule has 5 heteroatoms. The number of rotatable bonds is 22. The molecule has 1 rings (SSSR count). The van der Waals surface area contributed by atoms with Crippen molar-refractivity contribution < 1.29 is 14.6 Å². The summed E-state index contributed by atoms with van der Waals surface area (Å²) in [5.41, 5.74) is 1.43. The van der Waals surface area contributed by atoms with Gasteiger partial charge in [-0.2, -0.15) is 10.5 Å². The minimum absolute atomic E-state index is 0.227. The number of aliphatic hydroxyl groups is 1. The van der Waals surface area contributed by atoms with Crippen LogP contribution in [-0.4, -0.2) is 31.0 Å². The topological polar surface area (TPSA) is 86.3 Å². The number of hydrogen-bond acceptors (Lipinski definition) is 5. The van der Waals surface area contributed by atoms with Crippen molar-refractivity contribution in [2.24, 2.45) is 0 Å². The zero-order valence-electron chi connectivity index (χ0n) is 22.3. The molecule has 35 heavy (non-hydrogen) atoms. The van der Waals surface area contributed by atoms with Crippen molar-refractivity contribution in [3.05, 3.63) is 28.8 Å². The van der Waals surface area contributed by atoms with E-state index in [4.69, 9.17) is 9.47 Å². The molecule has 0 aromatic heterocycles. The highest BCUT2D eigenvalue weighted by Crippen LogP contribution is 2.26. The monoisotopic (exact) mass is 484 g/mol. The SMILES string of the molecule is CCCCCCCCCCCCCCCCCCOC[C@H](CO)Oc1c(C#N)cc(C)cc1C#N. The normalized spacial score (nSPS) is 11.7. The molecular formula is C30H48N2O3. The Morgan fingerprint density at radius 2 is 1.17 bits per heavy atom. The van der Waals surface area contributed by atoms with Crippen molar-refractivity contribution in [2.75, 3.05) is 19.8 Å². The summed E-state index contributed by atoms with van der Waals surface area (Å²) in [7, 11) is 0. The molecule has 196 valence electrons. The molecule has 0 unspecified atom stereocenters. The number of nitriles is 2. The second-order valence-corrected chi connectivity index (χ2v) is 9.71. The molecule has 1 N–H and O–H groups in total. The zero-order chi connectivity index (χ0) is 25.6. The summed E-state index contributed by atoms with van der Waals surface area (Å²) < 4.78 is 11.5. The Morgan fingerprint density at radius 3 is 1.57 bits per heavy atom. The largest absolute Gasteiger partial charge is 0.483 e. The highest BCUT2D eigenvalue weighted by molar-refractivity contribution is 5.55. The summed E-state index contributed by atoms with van der Waals surface area (Å²) in [5, 5.41) is 28.3. The number of unbranched alkanes of at least 4 members (excludes halogenated alkanes) is 15. The van der Waals surface area contributed by atoms with Crippen LogP contribution in [-0.2, 0) is 4.74 Å². The zero-order valence-corrected chi connectivity index (χ0v) is 22.3. The molecule has 0 aliphatic heterocycles. The molecule has 0 heterocycles. The van der Waals surface area contributed by atoms with E-state index < -0.39 is 6.10 Å². The third-order valence-electron chi connectivity index (χ3n) is 6.41. The number of hydrogen-bond donors (Lipinski definition) is 1. The Balaban J connectivity index is 2.02. The van der Waals surface area contributed by atoms with Crippen molar-refractivity contribution in [2.45, 2.75) is 123 Å². The highest BCUT2D eigenvalue weighted by Gasteiger charge is 2.17. The molecule has 5 nitrogen and oxygen atoms in total. The third kappa shape index (κ3) is 14.8. The lowest BCUT2D eigenvalue weighted by Gasteiger charge is -2.19. The van der Waals surface area contributed by atoms with Crippen molar-refractivity contribution in [1.82, 2.24) is 0 Å². The molecular weight excluding hydrogens is 436 g/mol. The molecule has 0 fully saturated rings. The van der Waals surface area contributed by atoms with Crippen molar-refractivity contribution in [3.63, 3.8) is 0 Å². The minimum Gasteiger partial charge on any atom is -0.483 e. The van der Waals surface area contributed by atoms with Crippen LogP contribution in [0.1, 0.15) is 126 Å². The Morgan fingerprint density at radius 1 is 0.743 bits per heavy atom. The molecule has 1 aromatic carbocycles. The maximum atomic E-state index is 9.64. The number of aryl methyl sites for hydroxylation is 1. The average Bonchev–Trinajstić information content (AvgIpc) is 2.87. The van der Waals surface area contributed by atoms with Gasteiger partial charge in [-0.05, 0) is 31.0 Å². The molecule has 0 bridgehead atoms. The van der Waals surface area contributed by atoms with E-state index in [0.717, 1.165) is 18.4 Å². The van der Waals surface area contributed by atoms with E-state index in [2.05, 4.69) is 19.1 Å². The van der Waals surface area contributed by atoms with E-state index in [-0.39, 0.29) is 19.0 Å². The molecule has 0 radical (unpaired) electrons. The first-order valence-electron chi connectivity index (χ1n) is 14.0. The van der Waals surface area contributed by atoms with Gasteiger partial charge in [0.1, 0.15) is 18.2 Å². The van der Waals surface area contributed by atoms with Crippen LogP contribution < -0.4 is 4.74 Å². The first-order chi connectivity index (χ1) is 17.2. The standard InChI is InChI=1S/C30H48N2O3/c1-3-4-5-6-7-8-9-10-11-12-13-14-15-16-17-18-19-34-25-29(24-33)35-30-27(22-31)20-26(2)21-28(30)23-32/h20-21,29,33H,3-19,24-25H2,1-2H3/t29-/m0/s1. The van der Waals surface area contributed by atoms with Crippen LogP contribution in [0.15, 0.2) is 12.1 Å². The van der Waals surface area contributed by atoms with Crippen LogP contribution in [0.5, 0.6) is 5.75 Å². The molecule has 0 saturated carbocycles. The van der Waals surface area contributed by atoms with Crippen LogP contribution in [0.2, 0.25) is 0 Å². The molecule has 0 saturated heterocycles.